The van der Waals surface area contributed by atoms with E-state index in [1.165, 1.54) is 0 Å². The van der Waals surface area contributed by atoms with E-state index in [1.807, 2.05) is 30.3 Å². The molecule has 32 heavy (non-hydrogen) atoms. The van der Waals surface area contributed by atoms with Crippen LogP contribution in [-0.4, -0.2) is 57.7 Å². The lowest BCUT2D eigenvalue weighted by Crippen LogP contribution is -2.34. The predicted molar refractivity (Wildman–Crippen MR) is 120 cm³/mol. The van der Waals surface area contributed by atoms with Gasteiger partial charge in [0.2, 0.25) is 0 Å². The highest BCUT2D eigenvalue weighted by Crippen LogP contribution is 2.33. The number of aromatic amines is 1. The maximum Gasteiger partial charge on any atom is 0.296 e. The van der Waals surface area contributed by atoms with Crippen LogP contribution in [0.5, 0.6) is 6.01 Å². The third-order valence-electron chi connectivity index (χ3n) is 5.92. The van der Waals surface area contributed by atoms with E-state index in [0.717, 1.165) is 16.7 Å². The Morgan fingerprint density at radius 3 is 2.44 bits per heavy atom. The van der Waals surface area contributed by atoms with Gasteiger partial charge in [-0.05, 0) is 17.2 Å². The Balaban J connectivity index is 1.26. The Kier molecular flexibility index (Phi) is 4.84. The number of aliphatic hydroxyl groups excluding tert-OH is 1. The number of halogens is 1. The lowest BCUT2D eigenvalue weighted by Gasteiger charge is -2.15. The largest absolute Gasteiger partial charge is 0.456 e. The van der Waals surface area contributed by atoms with Crippen LogP contribution in [0.2, 0.25) is 5.02 Å². The molecule has 0 amide bonds. The number of imidazole rings is 1. The Morgan fingerprint density at radius 1 is 0.906 bits per heavy atom. The van der Waals surface area contributed by atoms with Crippen molar-refractivity contribution in [3.8, 4) is 28.4 Å². The first kappa shape index (κ1) is 19.7. The number of aromatic nitrogens is 3. The van der Waals surface area contributed by atoms with Crippen molar-refractivity contribution in [1.82, 2.24) is 15.0 Å². The lowest BCUT2D eigenvalue weighted by atomic mass is 10.0. The zero-order valence-electron chi connectivity index (χ0n) is 16.9. The molecule has 7 nitrogen and oxygen atoms in total. The van der Waals surface area contributed by atoms with Gasteiger partial charge in [0.05, 0.1) is 29.4 Å². The summed E-state index contributed by atoms with van der Waals surface area (Å²) in [6, 6.07) is 20.4. The molecule has 0 spiro atoms. The molecule has 8 heteroatoms. The van der Waals surface area contributed by atoms with Gasteiger partial charge >= 0.3 is 0 Å². The Labute approximate surface area is 188 Å². The third kappa shape index (κ3) is 3.43. The molecule has 0 bridgehead atoms. The van der Waals surface area contributed by atoms with E-state index < -0.39 is 6.10 Å². The molecule has 2 aromatic carbocycles. The van der Waals surface area contributed by atoms with Gasteiger partial charge in [-0.15, -0.1) is 0 Å². The van der Waals surface area contributed by atoms with E-state index in [1.54, 1.807) is 6.07 Å². The Hall–Kier alpha value is -2.97. The van der Waals surface area contributed by atoms with E-state index in [9.17, 15) is 5.11 Å². The second kappa shape index (κ2) is 7.86. The fourth-order valence-electron chi connectivity index (χ4n) is 4.29. The summed E-state index contributed by atoms with van der Waals surface area (Å²) in [4.78, 5) is 12.3. The summed E-state index contributed by atoms with van der Waals surface area (Å²) in [7, 11) is 0. The molecule has 162 valence electrons. The molecule has 2 fully saturated rings. The number of nitrogens with one attached hydrogen (secondary N) is 1. The molecule has 4 atom stereocenters. The standard InChI is InChI=1S/C24H20ClN3O4/c25-16-10-17-23(28-24(26-17)32-19-12-31-21-18(29)11-30-22(19)21)27-20(16)15-8-6-14(7-9-15)13-4-2-1-3-5-13/h1-10,18-19,21-22,29H,11-12H2,(H,26,27,28)/t18?,19-,21-,22-/m1/s1. The van der Waals surface area contributed by atoms with E-state index in [4.69, 9.17) is 25.8 Å². The molecule has 4 aromatic rings. The van der Waals surface area contributed by atoms with E-state index >= 15 is 0 Å². The maximum absolute atomic E-state index is 9.90. The molecule has 6 rings (SSSR count). The number of H-pyrrole nitrogens is 1. The first-order valence-corrected chi connectivity index (χ1v) is 10.8. The zero-order chi connectivity index (χ0) is 21.7. The average molecular weight is 450 g/mol. The number of hydrogen-bond acceptors (Lipinski definition) is 6. The first-order chi connectivity index (χ1) is 15.7. The van der Waals surface area contributed by atoms with Gasteiger partial charge in [0.25, 0.3) is 6.01 Å². The smallest absolute Gasteiger partial charge is 0.296 e. The van der Waals surface area contributed by atoms with Crippen molar-refractivity contribution in [2.45, 2.75) is 24.4 Å². The second-order valence-corrected chi connectivity index (χ2v) is 8.40. The molecule has 1 unspecified atom stereocenters. The second-order valence-electron chi connectivity index (χ2n) is 7.99. The molecule has 2 aliphatic heterocycles. The molecule has 4 heterocycles. The number of aliphatic hydroxyl groups is 1. The molecular weight excluding hydrogens is 430 g/mol. The maximum atomic E-state index is 9.90. The van der Waals surface area contributed by atoms with Gasteiger partial charge in [0.15, 0.2) is 11.8 Å². The van der Waals surface area contributed by atoms with E-state index in [2.05, 4.69) is 39.2 Å². The monoisotopic (exact) mass is 449 g/mol. The van der Waals surface area contributed by atoms with Crippen molar-refractivity contribution in [3.63, 3.8) is 0 Å². The summed E-state index contributed by atoms with van der Waals surface area (Å²) in [5.74, 6) is 0. The fourth-order valence-corrected chi connectivity index (χ4v) is 4.55. The fraction of sp³-hybridized carbons (Fsp3) is 0.250. The topological polar surface area (TPSA) is 89.5 Å². The summed E-state index contributed by atoms with van der Waals surface area (Å²) >= 11 is 6.54. The van der Waals surface area contributed by atoms with Gasteiger partial charge in [-0.1, -0.05) is 66.2 Å². The SMILES string of the molecule is OC1CO[C@H]2[C@@H]1OC[C@H]2Oc1nc2nc(-c3ccc(-c4ccccc4)cc3)c(Cl)cc2[nH]1. The summed E-state index contributed by atoms with van der Waals surface area (Å²) in [6.07, 6.45) is -1.64. The minimum Gasteiger partial charge on any atom is -0.456 e. The summed E-state index contributed by atoms with van der Waals surface area (Å²) < 4.78 is 17.2. The van der Waals surface area contributed by atoms with Crippen LogP contribution in [0.25, 0.3) is 33.5 Å². The summed E-state index contributed by atoms with van der Waals surface area (Å²) in [5, 5.41) is 10.4. The minimum absolute atomic E-state index is 0.249. The molecular formula is C24H20ClN3O4. The lowest BCUT2D eigenvalue weighted by molar-refractivity contribution is 0.00706. The highest BCUT2D eigenvalue weighted by molar-refractivity contribution is 6.33. The normalized spacial score (nSPS) is 24.7. The molecule has 2 saturated heterocycles. The summed E-state index contributed by atoms with van der Waals surface area (Å²) in [6.45, 7) is 0.579. The van der Waals surface area contributed by atoms with Crippen LogP contribution in [0, 0.1) is 0 Å². The van der Waals surface area contributed by atoms with Crippen LogP contribution in [-0.2, 0) is 9.47 Å². The van der Waals surface area contributed by atoms with E-state index in [0.29, 0.717) is 34.5 Å². The summed E-state index contributed by atoms with van der Waals surface area (Å²) in [5.41, 5.74) is 5.02. The number of benzene rings is 2. The number of rotatable bonds is 4. The molecule has 2 N–H and O–H groups in total. The number of nitrogens with zero attached hydrogens (tertiary/aromatic N) is 2. The van der Waals surface area contributed by atoms with Gasteiger partial charge in [-0.3, -0.25) is 0 Å². The minimum atomic E-state index is -0.624. The number of hydrogen-bond donors (Lipinski definition) is 2. The van der Waals surface area contributed by atoms with Crippen molar-refractivity contribution in [2.75, 3.05) is 13.2 Å². The highest BCUT2D eigenvalue weighted by atomic mass is 35.5. The predicted octanol–water partition coefficient (Wildman–Crippen LogP) is 3.85. The van der Waals surface area contributed by atoms with Gasteiger partial charge < -0.3 is 24.3 Å². The molecule has 2 aromatic heterocycles. The van der Waals surface area contributed by atoms with Crippen LogP contribution in [0.4, 0.5) is 0 Å². The number of pyridine rings is 1. The highest BCUT2D eigenvalue weighted by Gasteiger charge is 2.48. The Bertz CT molecular complexity index is 1260. The molecule has 0 radical (unpaired) electrons. The van der Waals surface area contributed by atoms with Crippen LogP contribution in [0.3, 0.4) is 0 Å². The van der Waals surface area contributed by atoms with Gasteiger partial charge in [0, 0.05) is 5.56 Å². The first-order valence-electron chi connectivity index (χ1n) is 10.5. The van der Waals surface area contributed by atoms with Gasteiger partial charge in [0.1, 0.15) is 18.3 Å². The van der Waals surface area contributed by atoms with Crippen LogP contribution in [0.1, 0.15) is 0 Å². The molecule has 2 aliphatic rings. The Morgan fingerprint density at radius 2 is 1.62 bits per heavy atom. The van der Waals surface area contributed by atoms with Crippen LogP contribution < -0.4 is 4.74 Å². The number of ether oxygens (including phenoxy) is 3. The van der Waals surface area contributed by atoms with Gasteiger partial charge in [-0.2, -0.15) is 4.98 Å². The van der Waals surface area contributed by atoms with Crippen molar-refractivity contribution in [3.05, 3.63) is 65.7 Å². The number of fused-ring (bicyclic) bond motifs is 2. The zero-order valence-corrected chi connectivity index (χ0v) is 17.7. The van der Waals surface area contributed by atoms with Crippen molar-refractivity contribution < 1.29 is 19.3 Å². The quantitative estimate of drug-likeness (QED) is 0.492. The van der Waals surface area contributed by atoms with Crippen molar-refractivity contribution in [1.29, 1.82) is 0 Å². The van der Waals surface area contributed by atoms with E-state index in [-0.39, 0.29) is 24.9 Å². The molecule has 0 saturated carbocycles. The van der Waals surface area contributed by atoms with Crippen LogP contribution in [0.15, 0.2) is 60.7 Å². The average Bonchev–Trinajstić information content (AvgIpc) is 3.51. The van der Waals surface area contributed by atoms with Gasteiger partial charge in [-0.25, -0.2) is 4.98 Å². The third-order valence-corrected chi connectivity index (χ3v) is 6.20. The van der Waals surface area contributed by atoms with Crippen LogP contribution >= 0.6 is 11.6 Å². The van der Waals surface area contributed by atoms with Crippen molar-refractivity contribution in [2.24, 2.45) is 0 Å². The molecule has 0 aliphatic carbocycles. The van der Waals surface area contributed by atoms with Crippen molar-refractivity contribution >= 4 is 22.8 Å².